The maximum Gasteiger partial charge on any atom is 0.223 e. The summed E-state index contributed by atoms with van der Waals surface area (Å²) < 4.78 is 0. The van der Waals surface area contributed by atoms with Gasteiger partial charge in [-0.2, -0.15) is 4.99 Å². The summed E-state index contributed by atoms with van der Waals surface area (Å²) in [7, 11) is 0. The first-order chi connectivity index (χ1) is 7.58. The van der Waals surface area contributed by atoms with Crippen molar-refractivity contribution in [1.29, 1.82) is 0 Å². The van der Waals surface area contributed by atoms with Gasteiger partial charge in [0.25, 0.3) is 0 Å². The molecule has 1 aliphatic rings. The molecular formula is C7H2Cl4N5. The first-order valence-electron chi connectivity index (χ1n) is 3.89. The number of nitrogens with zero attached hydrogens (tertiary/aromatic N) is 5. The van der Waals surface area contributed by atoms with Crippen LogP contribution in [0.15, 0.2) is 16.2 Å². The highest BCUT2D eigenvalue weighted by Gasteiger charge is 2.22. The second-order valence-corrected chi connectivity index (χ2v) is 4.03. The first kappa shape index (κ1) is 11.9. The fourth-order valence-electron chi connectivity index (χ4n) is 0.982. The van der Waals surface area contributed by atoms with Crippen molar-refractivity contribution in [2.75, 3.05) is 4.90 Å². The van der Waals surface area contributed by atoms with Crippen LogP contribution in [0.3, 0.4) is 0 Å². The van der Waals surface area contributed by atoms with Gasteiger partial charge in [0.05, 0.1) is 6.20 Å². The van der Waals surface area contributed by atoms with Crippen LogP contribution >= 0.6 is 46.4 Å². The lowest BCUT2D eigenvalue weighted by molar-refractivity contribution is 0.918. The van der Waals surface area contributed by atoms with E-state index in [0.29, 0.717) is 5.69 Å². The molecule has 0 saturated heterocycles. The average molecular weight is 298 g/mol. The maximum atomic E-state index is 5.91. The van der Waals surface area contributed by atoms with E-state index < -0.39 is 5.62 Å². The number of anilines is 1. The molecule has 0 N–H and O–H groups in total. The molecule has 2 rings (SSSR count). The molecule has 1 unspecified atom stereocenters. The molecule has 0 aromatic carbocycles. The summed E-state index contributed by atoms with van der Waals surface area (Å²) in [4.78, 5) is 16.3. The van der Waals surface area contributed by atoms with Crippen molar-refractivity contribution in [2.45, 2.75) is 5.62 Å². The molecule has 0 saturated carbocycles. The Balaban J connectivity index is 2.35. The number of aliphatic imine (C=N–C) groups is 2. The van der Waals surface area contributed by atoms with Crippen LogP contribution in [-0.2, 0) is 0 Å². The third kappa shape index (κ3) is 2.38. The van der Waals surface area contributed by atoms with Gasteiger partial charge in [-0.3, -0.25) is 4.90 Å². The highest BCUT2D eigenvalue weighted by Crippen LogP contribution is 2.27. The molecule has 83 valence electrons. The van der Waals surface area contributed by atoms with Gasteiger partial charge < -0.3 is 0 Å². The Morgan fingerprint density at radius 1 is 1.31 bits per heavy atom. The van der Waals surface area contributed by atoms with Crippen molar-refractivity contribution in [3.8, 4) is 0 Å². The van der Waals surface area contributed by atoms with Crippen LogP contribution in [0.5, 0.6) is 0 Å². The lowest BCUT2D eigenvalue weighted by atomic mass is 10.5. The van der Waals surface area contributed by atoms with Crippen molar-refractivity contribution < 1.29 is 0 Å². The molecule has 2 heterocycles. The normalized spacial score (nSPS) is 19.9. The summed E-state index contributed by atoms with van der Waals surface area (Å²) in [6, 6.07) is 0. The monoisotopic (exact) mass is 296 g/mol. The summed E-state index contributed by atoms with van der Waals surface area (Å²) in [5.74, 6) is 0. The zero-order valence-electron chi connectivity index (χ0n) is 7.40. The number of halogens is 4. The molecule has 1 radical (unpaired) electrons. The van der Waals surface area contributed by atoms with Crippen LogP contribution < -0.4 is 4.90 Å². The molecule has 0 amide bonds. The zero-order valence-corrected chi connectivity index (χ0v) is 10.4. The van der Waals surface area contributed by atoms with Crippen LogP contribution in [0, 0.1) is 0 Å². The largest absolute Gasteiger partial charge is 0.283 e. The minimum Gasteiger partial charge on any atom is -0.283 e. The lowest BCUT2D eigenvalue weighted by Crippen LogP contribution is -2.32. The SMILES string of the molecule is ClC1=NC(Cl)N(c2cnc(Cl)nc2Cl)[C]=N1. The molecule has 1 aliphatic heterocycles. The zero-order chi connectivity index (χ0) is 11.7. The van der Waals surface area contributed by atoms with E-state index in [-0.39, 0.29) is 15.7 Å². The standard InChI is InChI=1S/C7H2Cl4N5/c8-4-3(1-12-5(9)14-4)16-2-13-6(10)15-7(16)11/h1,7H. The summed E-state index contributed by atoms with van der Waals surface area (Å²) in [6.07, 6.45) is 3.94. The van der Waals surface area contributed by atoms with Gasteiger partial charge in [-0.1, -0.05) is 23.2 Å². The highest BCUT2D eigenvalue weighted by atomic mass is 35.5. The minimum absolute atomic E-state index is 0.0160. The Morgan fingerprint density at radius 2 is 2.06 bits per heavy atom. The van der Waals surface area contributed by atoms with E-state index in [2.05, 4.69) is 26.3 Å². The second kappa shape index (κ2) is 4.71. The number of alkyl halides is 1. The highest BCUT2D eigenvalue weighted by molar-refractivity contribution is 6.66. The van der Waals surface area contributed by atoms with Crippen LogP contribution in [0.25, 0.3) is 0 Å². The number of aromatic nitrogens is 2. The van der Waals surface area contributed by atoms with E-state index in [1.165, 1.54) is 11.1 Å². The van der Waals surface area contributed by atoms with E-state index in [0.717, 1.165) is 0 Å². The van der Waals surface area contributed by atoms with E-state index in [1.807, 2.05) is 0 Å². The van der Waals surface area contributed by atoms with Gasteiger partial charge in [0.1, 0.15) is 5.69 Å². The van der Waals surface area contributed by atoms with E-state index >= 15 is 0 Å². The molecule has 1 aromatic rings. The second-order valence-electron chi connectivity index (χ2n) is 2.61. The topological polar surface area (TPSA) is 53.7 Å². The van der Waals surface area contributed by atoms with Gasteiger partial charge in [-0.15, -0.1) is 0 Å². The predicted octanol–water partition coefficient (Wildman–Crippen LogP) is 2.63. The molecule has 16 heavy (non-hydrogen) atoms. The molecule has 5 nitrogen and oxygen atoms in total. The molecule has 1 atom stereocenters. The van der Waals surface area contributed by atoms with E-state index in [4.69, 9.17) is 46.4 Å². The predicted molar refractivity (Wildman–Crippen MR) is 64.9 cm³/mol. The Hall–Kier alpha value is -0.620. The average Bonchev–Trinajstić information content (AvgIpc) is 2.19. The lowest BCUT2D eigenvalue weighted by Gasteiger charge is -2.23. The Kier molecular flexibility index (Phi) is 3.49. The van der Waals surface area contributed by atoms with Gasteiger partial charge in [-0.25, -0.2) is 15.0 Å². The number of rotatable bonds is 1. The smallest absolute Gasteiger partial charge is 0.223 e. The molecule has 0 bridgehead atoms. The van der Waals surface area contributed by atoms with E-state index in [9.17, 15) is 0 Å². The van der Waals surface area contributed by atoms with Crippen LogP contribution in [0.4, 0.5) is 5.69 Å². The Bertz CT molecular complexity index is 474. The van der Waals surface area contributed by atoms with Gasteiger partial charge in [0.2, 0.25) is 16.2 Å². The van der Waals surface area contributed by atoms with Gasteiger partial charge in [0, 0.05) is 0 Å². The summed E-state index contributed by atoms with van der Waals surface area (Å²) in [5.41, 5.74) is -0.407. The fourth-order valence-corrected chi connectivity index (χ4v) is 1.80. The fraction of sp³-hybridized carbons (Fsp3) is 0.143. The quantitative estimate of drug-likeness (QED) is 0.346. The Labute approximate surface area is 111 Å². The number of hydrogen-bond acceptors (Lipinski definition) is 5. The van der Waals surface area contributed by atoms with Crippen molar-refractivity contribution in [3.63, 3.8) is 0 Å². The summed E-state index contributed by atoms with van der Waals surface area (Å²) in [6.45, 7) is 0. The number of amidine groups is 1. The molecule has 0 aliphatic carbocycles. The van der Waals surface area contributed by atoms with Gasteiger partial charge in [-0.05, 0) is 23.2 Å². The Morgan fingerprint density at radius 3 is 2.69 bits per heavy atom. The van der Waals surface area contributed by atoms with Crippen LogP contribution in [-0.4, -0.2) is 27.2 Å². The van der Waals surface area contributed by atoms with Gasteiger partial charge in [0.15, 0.2) is 11.5 Å². The third-order valence-electron chi connectivity index (χ3n) is 1.63. The summed E-state index contributed by atoms with van der Waals surface area (Å²) in [5, 5.41) is 0.180. The van der Waals surface area contributed by atoms with Gasteiger partial charge >= 0.3 is 0 Å². The maximum absolute atomic E-state index is 5.91. The van der Waals surface area contributed by atoms with Crippen LogP contribution in [0.2, 0.25) is 10.4 Å². The first-order valence-corrected chi connectivity index (χ1v) is 5.46. The third-order valence-corrected chi connectivity index (χ3v) is 2.57. The summed E-state index contributed by atoms with van der Waals surface area (Å²) >= 11 is 22.9. The molecule has 9 heteroatoms. The van der Waals surface area contributed by atoms with Crippen molar-refractivity contribution >= 4 is 63.7 Å². The minimum atomic E-state index is -0.799. The molecular weight excluding hydrogens is 296 g/mol. The van der Waals surface area contributed by atoms with Crippen molar-refractivity contribution in [2.24, 2.45) is 9.98 Å². The van der Waals surface area contributed by atoms with Crippen molar-refractivity contribution in [1.82, 2.24) is 9.97 Å². The van der Waals surface area contributed by atoms with E-state index in [1.54, 1.807) is 0 Å². The van der Waals surface area contributed by atoms with Crippen LogP contribution in [0.1, 0.15) is 0 Å². The molecule has 0 spiro atoms. The molecule has 0 fully saturated rings. The number of hydrogen-bond donors (Lipinski definition) is 0. The molecule has 1 aromatic heterocycles. The van der Waals surface area contributed by atoms with Crippen molar-refractivity contribution in [3.05, 3.63) is 16.6 Å².